The summed E-state index contributed by atoms with van der Waals surface area (Å²) in [6, 6.07) is 11.9. The Morgan fingerprint density at radius 3 is 2.42 bits per heavy atom. The molecule has 3 rings (SSSR count). The summed E-state index contributed by atoms with van der Waals surface area (Å²) in [4.78, 5) is 29.2. The minimum absolute atomic E-state index is 0.139. The van der Waals surface area contributed by atoms with Crippen molar-refractivity contribution < 1.29 is 23.5 Å². The second-order valence-corrected chi connectivity index (χ2v) is 7.80. The Morgan fingerprint density at radius 2 is 1.77 bits per heavy atom. The summed E-state index contributed by atoms with van der Waals surface area (Å²) >= 11 is 5.87. The smallest absolute Gasteiger partial charge is 0.325 e. The van der Waals surface area contributed by atoms with E-state index in [4.69, 9.17) is 21.1 Å². The van der Waals surface area contributed by atoms with Crippen molar-refractivity contribution >= 4 is 23.5 Å². The first kappa shape index (κ1) is 23.0. The van der Waals surface area contributed by atoms with Gasteiger partial charge in [0.1, 0.15) is 17.6 Å². The van der Waals surface area contributed by atoms with Crippen molar-refractivity contribution in [2.45, 2.75) is 32.5 Å². The van der Waals surface area contributed by atoms with Crippen molar-refractivity contribution in [1.82, 2.24) is 9.80 Å². The van der Waals surface area contributed by atoms with E-state index in [9.17, 15) is 14.0 Å². The standard InChI is InChI=1S/C23H26ClFN2O4/c1-3-30-23(29)22-16(2)27(21(28)15-31-20-10-6-18(24)7-11-20)13-12-26(22)14-17-4-8-19(25)9-5-17/h4-11,16,22H,3,12-15H2,1-2H3. The van der Waals surface area contributed by atoms with Crippen LogP contribution in [0.15, 0.2) is 48.5 Å². The van der Waals surface area contributed by atoms with E-state index in [2.05, 4.69) is 0 Å². The Labute approximate surface area is 186 Å². The normalized spacial score (nSPS) is 19.2. The zero-order chi connectivity index (χ0) is 22.4. The monoisotopic (exact) mass is 448 g/mol. The van der Waals surface area contributed by atoms with Gasteiger partial charge in [-0.1, -0.05) is 23.7 Å². The Morgan fingerprint density at radius 1 is 1.10 bits per heavy atom. The summed E-state index contributed by atoms with van der Waals surface area (Å²) in [6.45, 7) is 5.08. The van der Waals surface area contributed by atoms with Gasteiger partial charge in [-0.2, -0.15) is 0 Å². The fourth-order valence-electron chi connectivity index (χ4n) is 3.74. The first-order valence-electron chi connectivity index (χ1n) is 10.2. The van der Waals surface area contributed by atoms with Crippen LogP contribution in [0.4, 0.5) is 4.39 Å². The summed E-state index contributed by atoms with van der Waals surface area (Å²) in [5, 5.41) is 0.585. The van der Waals surface area contributed by atoms with Gasteiger partial charge in [-0.3, -0.25) is 14.5 Å². The molecule has 0 N–H and O–H groups in total. The van der Waals surface area contributed by atoms with Crippen LogP contribution in [0.3, 0.4) is 0 Å². The summed E-state index contributed by atoms with van der Waals surface area (Å²) in [5.74, 6) is -0.358. The molecule has 1 amide bonds. The molecule has 1 saturated heterocycles. The largest absolute Gasteiger partial charge is 0.484 e. The van der Waals surface area contributed by atoms with Crippen molar-refractivity contribution in [2.75, 3.05) is 26.3 Å². The number of carbonyl (C=O) groups excluding carboxylic acids is 2. The Hall–Kier alpha value is -2.64. The van der Waals surface area contributed by atoms with Gasteiger partial charge in [0.05, 0.1) is 12.6 Å². The average molecular weight is 449 g/mol. The maximum atomic E-state index is 13.2. The number of piperazine rings is 1. The van der Waals surface area contributed by atoms with Crippen LogP contribution < -0.4 is 4.74 Å². The van der Waals surface area contributed by atoms with Crippen molar-refractivity contribution in [3.63, 3.8) is 0 Å². The van der Waals surface area contributed by atoms with Crippen LogP contribution in [0.2, 0.25) is 5.02 Å². The van der Waals surface area contributed by atoms with E-state index < -0.39 is 12.1 Å². The highest BCUT2D eigenvalue weighted by Crippen LogP contribution is 2.22. The maximum absolute atomic E-state index is 13.2. The number of hydrogen-bond acceptors (Lipinski definition) is 5. The number of carbonyl (C=O) groups is 2. The molecule has 2 atom stereocenters. The first-order chi connectivity index (χ1) is 14.9. The average Bonchev–Trinajstić information content (AvgIpc) is 2.75. The molecule has 0 bridgehead atoms. The summed E-state index contributed by atoms with van der Waals surface area (Å²) < 4.78 is 24.1. The molecule has 1 fully saturated rings. The molecular formula is C23H26ClFN2O4. The number of benzene rings is 2. The van der Waals surface area contributed by atoms with E-state index in [0.29, 0.717) is 30.4 Å². The molecule has 2 unspecified atom stereocenters. The molecule has 2 aromatic rings. The molecule has 0 aromatic heterocycles. The second-order valence-electron chi connectivity index (χ2n) is 7.36. The molecule has 6 nitrogen and oxygen atoms in total. The Bertz CT molecular complexity index is 891. The molecular weight excluding hydrogens is 423 g/mol. The predicted octanol–water partition coefficient (Wildman–Crippen LogP) is 3.52. The molecule has 1 aliphatic rings. The van der Waals surface area contributed by atoms with E-state index in [1.165, 1.54) is 12.1 Å². The molecule has 0 saturated carbocycles. The molecule has 0 spiro atoms. The van der Waals surface area contributed by atoms with E-state index in [1.807, 2.05) is 11.8 Å². The van der Waals surface area contributed by atoms with Gasteiger partial charge in [-0.05, 0) is 55.8 Å². The van der Waals surface area contributed by atoms with Crippen molar-refractivity contribution in [3.8, 4) is 5.75 Å². The number of esters is 1. The number of rotatable bonds is 7. The highest BCUT2D eigenvalue weighted by molar-refractivity contribution is 6.30. The Kier molecular flexibility index (Phi) is 7.87. The summed E-state index contributed by atoms with van der Waals surface area (Å²) in [5.41, 5.74) is 0.883. The van der Waals surface area contributed by atoms with E-state index in [1.54, 1.807) is 48.2 Å². The zero-order valence-corrected chi connectivity index (χ0v) is 18.3. The topological polar surface area (TPSA) is 59.1 Å². The summed E-state index contributed by atoms with van der Waals surface area (Å²) in [7, 11) is 0. The van der Waals surface area contributed by atoms with Gasteiger partial charge < -0.3 is 14.4 Å². The second kappa shape index (κ2) is 10.6. The number of halogens is 2. The molecule has 8 heteroatoms. The van der Waals surface area contributed by atoms with Crippen LogP contribution in [0.1, 0.15) is 19.4 Å². The van der Waals surface area contributed by atoms with Crippen LogP contribution in [-0.4, -0.2) is 60.1 Å². The van der Waals surface area contributed by atoms with Gasteiger partial charge in [0, 0.05) is 24.7 Å². The zero-order valence-electron chi connectivity index (χ0n) is 17.6. The molecule has 2 aromatic carbocycles. The minimum Gasteiger partial charge on any atom is -0.484 e. The highest BCUT2D eigenvalue weighted by atomic mass is 35.5. The van der Waals surface area contributed by atoms with Crippen LogP contribution in [0.25, 0.3) is 0 Å². The number of amides is 1. The fraction of sp³-hybridized carbons (Fsp3) is 0.391. The van der Waals surface area contributed by atoms with Crippen LogP contribution in [-0.2, 0) is 20.9 Å². The third kappa shape index (κ3) is 5.95. The lowest BCUT2D eigenvalue weighted by molar-refractivity contribution is -0.158. The number of ether oxygens (including phenoxy) is 2. The van der Waals surface area contributed by atoms with Gasteiger partial charge in [0.2, 0.25) is 0 Å². The SMILES string of the molecule is CCOC(=O)C1C(C)N(C(=O)COc2ccc(Cl)cc2)CCN1Cc1ccc(F)cc1. The van der Waals surface area contributed by atoms with Crippen LogP contribution >= 0.6 is 11.6 Å². The van der Waals surface area contributed by atoms with Crippen molar-refractivity contribution in [1.29, 1.82) is 0 Å². The van der Waals surface area contributed by atoms with E-state index in [0.717, 1.165) is 5.56 Å². The number of hydrogen-bond donors (Lipinski definition) is 0. The van der Waals surface area contributed by atoms with Gasteiger partial charge in [-0.15, -0.1) is 0 Å². The number of nitrogens with zero attached hydrogens (tertiary/aromatic N) is 2. The van der Waals surface area contributed by atoms with Crippen molar-refractivity contribution in [3.05, 3.63) is 64.9 Å². The van der Waals surface area contributed by atoms with Gasteiger partial charge in [-0.25, -0.2) is 4.39 Å². The lowest BCUT2D eigenvalue weighted by atomic mass is 10.0. The van der Waals surface area contributed by atoms with Crippen molar-refractivity contribution in [2.24, 2.45) is 0 Å². The lowest BCUT2D eigenvalue weighted by Gasteiger charge is -2.44. The van der Waals surface area contributed by atoms with E-state index in [-0.39, 0.29) is 30.9 Å². The lowest BCUT2D eigenvalue weighted by Crippen LogP contribution is -2.63. The molecule has 0 radical (unpaired) electrons. The quantitative estimate of drug-likeness (QED) is 0.606. The van der Waals surface area contributed by atoms with Crippen LogP contribution in [0.5, 0.6) is 5.75 Å². The fourth-order valence-corrected chi connectivity index (χ4v) is 3.87. The minimum atomic E-state index is -0.627. The molecule has 0 aliphatic carbocycles. The third-order valence-electron chi connectivity index (χ3n) is 5.29. The molecule has 1 aliphatic heterocycles. The molecule has 31 heavy (non-hydrogen) atoms. The van der Waals surface area contributed by atoms with Gasteiger partial charge in [0.15, 0.2) is 6.61 Å². The Balaban J connectivity index is 1.69. The third-order valence-corrected chi connectivity index (χ3v) is 5.55. The van der Waals surface area contributed by atoms with E-state index >= 15 is 0 Å². The van der Waals surface area contributed by atoms with Crippen LogP contribution in [0, 0.1) is 5.82 Å². The highest BCUT2D eigenvalue weighted by Gasteiger charge is 2.41. The molecule has 166 valence electrons. The predicted molar refractivity (Wildman–Crippen MR) is 115 cm³/mol. The maximum Gasteiger partial charge on any atom is 0.325 e. The van der Waals surface area contributed by atoms with Gasteiger partial charge in [0.25, 0.3) is 5.91 Å². The molecule has 1 heterocycles. The van der Waals surface area contributed by atoms with Gasteiger partial charge >= 0.3 is 5.97 Å². The first-order valence-corrected chi connectivity index (χ1v) is 10.6. The summed E-state index contributed by atoms with van der Waals surface area (Å²) in [6.07, 6.45) is 0.